The molecule has 0 aliphatic heterocycles. The van der Waals surface area contributed by atoms with Crippen LogP contribution < -0.4 is 10.1 Å². The van der Waals surface area contributed by atoms with Crippen molar-refractivity contribution in [2.45, 2.75) is 6.92 Å². The number of fused-ring (bicyclic) bond motifs is 1. The highest BCUT2D eigenvalue weighted by atomic mass is 16.5. The Balaban J connectivity index is 1.65. The number of nitrogens with one attached hydrogen (secondary N) is 1. The molecule has 1 aromatic heterocycles. The molecule has 0 saturated carbocycles. The molecular formula is C19H17N3O4. The van der Waals surface area contributed by atoms with Gasteiger partial charge in [-0.25, -0.2) is 4.79 Å². The van der Waals surface area contributed by atoms with Crippen LogP contribution in [0.15, 0.2) is 54.9 Å². The second-order valence-corrected chi connectivity index (χ2v) is 5.28. The average Bonchev–Trinajstić information content (AvgIpc) is 2.67. The largest absolute Gasteiger partial charge is 0.492 e. The van der Waals surface area contributed by atoms with E-state index in [2.05, 4.69) is 15.3 Å². The maximum absolute atomic E-state index is 12.3. The summed E-state index contributed by atoms with van der Waals surface area (Å²) >= 11 is 0. The Morgan fingerprint density at radius 3 is 2.69 bits per heavy atom. The molecule has 0 aliphatic rings. The molecule has 1 heterocycles. The monoisotopic (exact) mass is 351 g/mol. The third-order valence-corrected chi connectivity index (χ3v) is 3.51. The first-order valence-electron chi connectivity index (χ1n) is 8.07. The van der Waals surface area contributed by atoms with Crippen LogP contribution in [0, 0.1) is 0 Å². The summed E-state index contributed by atoms with van der Waals surface area (Å²) in [6, 6.07) is 12.1. The number of esters is 1. The van der Waals surface area contributed by atoms with Crippen molar-refractivity contribution in [1.82, 2.24) is 9.97 Å². The lowest BCUT2D eigenvalue weighted by molar-refractivity contribution is -0.119. The smallest absolute Gasteiger partial charge is 0.340 e. The minimum atomic E-state index is -0.635. The number of ether oxygens (including phenoxy) is 2. The van der Waals surface area contributed by atoms with E-state index in [0.717, 1.165) is 0 Å². The summed E-state index contributed by atoms with van der Waals surface area (Å²) < 4.78 is 10.6. The third kappa shape index (κ3) is 3.94. The number of aromatic nitrogens is 2. The number of hydrogen-bond acceptors (Lipinski definition) is 6. The van der Waals surface area contributed by atoms with Crippen molar-refractivity contribution < 1.29 is 19.1 Å². The maximum atomic E-state index is 12.3. The van der Waals surface area contributed by atoms with Crippen molar-refractivity contribution in [2.24, 2.45) is 0 Å². The molecule has 0 aliphatic carbocycles. The fourth-order valence-electron chi connectivity index (χ4n) is 2.40. The SMILES string of the molecule is CCOc1ccccc1NC(=O)COC(=O)c1cccc2nccnc12. The summed E-state index contributed by atoms with van der Waals surface area (Å²) in [5.41, 5.74) is 1.80. The lowest BCUT2D eigenvalue weighted by Gasteiger charge is -2.11. The molecule has 26 heavy (non-hydrogen) atoms. The van der Waals surface area contributed by atoms with Gasteiger partial charge in [0.15, 0.2) is 6.61 Å². The third-order valence-electron chi connectivity index (χ3n) is 3.51. The van der Waals surface area contributed by atoms with E-state index in [-0.39, 0.29) is 5.56 Å². The molecule has 2 aromatic carbocycles. The molecule has 0 atom stereocenters. The predicted octanol–water partition coefficient (Wildman–Crippen LogP) is 2.82. The van der Waals surface area contributed by atoms with Gasteiger partial charge in [-0.2, -0.15) is 0 Å². The number of carbonyl (C=O) groups is 2. The van der Waals surface area contributed by atoms with Gasteiger partial charge >= 0.3 is 5.97 Å². The molecule has 1 N–H and O–H groups in total. The van der Waals surface area contributed by atoms with Crippen molar-refractivity contribution in [3.8, 4) is 5.75 Å². The first-order chi connectivity index (χ1) is 12.7. The van der Waals surface area contributed by atoms with Gasteiger partial charge in [-0.05, 0) is 31.2 Å². The van der Waals surface area contributed by atoms with Crippen LogP contribution in [0.3, 0.4) is 0 Å². The number of rotatable bonds is 6. The van der Waals surface area contributed by atoms with Gasteiger partial charge in [-0.1, -0.05) is 18.2 Å². The van der Waals surface area contributed by atoms with E-state index >= 15 is 0 Å². The van der Waals surface area contributed by atoms with Crippen molar-refractivity contribution in [3.63, 3.8) is 0 Å². The molecule has 0 bridgehead atoms. The van der Waals surface area contributed by atoms with Crippen LogP contribution in [0.4, 0.5) is 5.69 Å². The van der Waals surface area contributed by atoms with Crippen LogP contribution in [-0.2, 0) is 9.53 Å². The first kappa shape index (κ1) is 17.3. The second-order valence-electron chi connectivity index (χ2n) is 5.28. The standard InChI is InChI=1S/C19H17N3O4/c1-2-25-16-9-4-3-7-14(16)22-17(23)12-26-19(24)13-6-5-8-15-18(13)21-11-10-20-15/h3-11H,2,12H2,1H3,(H,22,23). The summed E-state index contributed by atoms with van der Waals surface area (Å²) in [5, 5.41) is 2.67. The lowest BCUT2D eigenvalue weighted by Crippen LogP contribution is -2.21. The van der Waals surface area contributed by atoms with E-state index < -0.39 is 18.5 Å². The highest BCUT2D eigenvalue weighted by Crippen LogP contribution is 2.23. The Kier molecular flexibility index (Phi) is 5.38. The molecule has 132 valence electrons. The quantitative estimate of drug-likeness (QED) is 0.687. The minimum absolute atomic E-state index is 0.262. The Bertz CT molecular complexity index is 937. The zero-order valence-corrected chi connectivity index (χ0v) is 14.1. The van der Waals surface area contributed by atoms with Crippen molar-refractivity contribution >= 4 is 28.6 Å². The summed E-state index contributed by atoms with van der Waals surface area (Å²) in [6.07, 6.45) is 3.04. The number of benzene rings is 2. The predicted molar refractivity (Wildman–Crippen MR) is 96.1 cm³/mol. The van der Waals surface area contributed by atoms with Crippen LogP contribution in [0.5, 0.6) is 5.75 Å². The van der Waals surface area contributed by atoms with Crippen LogP contribution in [0.2, 0.25) is 0 Å². The van der Waals surface area contributed by atoms with E-state index in [4.69, 9.17) is 9.47 Å². The fourth-order valence-corrected chi connectivity index (χ4v) is 2.40. The van der Waals surface area contributed by atoms with Gasteiger partial charge in [0.25, 0.3) is 5.91 Å². The van der Waals surface area contributed by atoms with Crippen LogP contribution in [-0.4, -0.2) is 35.1 Å². The van der Waals surface area contributed by atoms with Gasteiger partial charge in [-0.3, -0.25) is 14.8 Å². The number of carbonyl (C=O) groups excluding carboxylic acids is 2. The minimum Gasteiger partial charge on any atom is -0.492 e. The van der Waals surface area contributed by atoms with Gasteiger partial charge in [0.1, 0.15) is 11.3 Å². The topological polar surface area (TPSA) is 90.4 Å². The van der Waals surface area contributed by atoms with Gasteiger partial charge in [0, 0.05) is 12.4 Å². The summed E-state index contributed by atoms with van der Waals surface area (Å²) in [6.45, 7) is 1.91. The maximum Gasteiger partial charge on any atom is 0.340 e. The molecule has 0 spiro atoms. The molecule has 3 aromatic rings. The van der Waals surface area contributed by atoms with Crippen molar-refractivity contribution in [3.05, 3.63) is 60.4 Å². The lowest BCUT2D eigenvalue weighted by atomic mass is 10.2. The Morgan fingerprint density at radius 1 is 1.04 bits per heavy atom. The molecule has 0 saturated heterocycles. The van der Waals surface area contributed by atoms with E-state index in [1.54, 1.807) is 42.6 Å². The van der Waals surface area contributed by atoms with Crippen molar-refractivity contribution in [2.75, 3.05) is 18.5 Å². The van der Waals surface area contributed by atoms with Gasteiger partial charge in [0.2, 0.25) is 0 Å². The molecular weight excluding hydrogens is 334 g/mol. The van der Waals surface area contributed by atoms with E-state index in [1.165, 1.54) is 6.20 Å². The normalized spacial score (nSPS) is 10.3. The van der Waals surface area contributed by atoms with Crippen LogP contribution in [0.25, 0.3) is 11.0 Å². The van der Waals surface area contributed by atoms with Crippen LogP contribution in [0.1, 0.15) is 17.3 Å². The summed E-state index contributed by atoms with van der Waals surface area (Å²) in [5.74, 6) is -0.542. The molecule has 0 fully saturated rings. The Hall–Kier alpha value is -3.48. The van der Waals surface area contributed by atoms with Crippen molar-refractivity contribution in [1.29, 1.82) is 0 Å². The molecule has 7 nitrogen and oxygen atoms in total. The van der Waals surface area contributed by atoms with Gasteiger partial charge < -0.3 is 14.8 Å². The highest BCUT2D eigenvalue weighted by Gasteiger charge is 2.15. The zero-order valence-electron chi connectivity index (χ0n) is 14.1. The highest BCUT2D eigenvalue weighted by molar-refractivity contribution is 6.03. The average molecular weight is 351 g/mol. The van der Waals surface area contributed by atoms with E-state index in [0.29, 0.717) is 29.1 Å². The number of para-hydroxylation sites is 3. The Labute approximate surface area is 150 Å². The van der Waals surface area contributed by atoms with Crippen LogP contribution >= 0.6 is 0 Å². The first-order valence-corrected chi connectivity index (χ1v) is 8.07. The molecule has 7 heteroatoms. The van der Waals surface area contributed by atoms with Gasteiger partial charge in [0.05, 0.1) is 23.4 Å². The Morgan fingerprint density at radius 2 is 1.85 bits per heavy atom. The molecule has 1 amide bonds. The second kappa shape index (κ2) is 8.06. The number of hydrogen-bond donors (Lipinski definition) is 1. The summed E-state index contributed by atoms with van der Waals surface area (Å²) in [7, 11) is 0. The molecule has 0 radical (unpaired) electrons. The number of nitrogens with zero attached hydrogens (tertiary/aromatic N) is 2. The molecule has 3 rings (SSSR count). The van der Waals surface area contributed by atoms with Gasteiger partial charge in [-0.15, -0.1) is 0 Å². The fraction of sp³-hybridized carbons (Fsp3) is 0.158. The number of anilines is 1. The molecule has 0 unspecified atom stereocenters. The number of amides is 1. The zero-order chi connectivity index (χ0) is 18.4. The van der Waals surface area contributed by atoms with E-state index in [9.17, 15) is 9.59 Å². The summed E-state index contributed by atoms with van der Waals surface area (Å²) in [4.78, 5) is 32.7. The van der Waals surface area contributed by atoms with E-state index in [1.807, 2.05) is 13.0 Å².